The lowest BCUT2D eigenvalue weighted by Crippen LogP contribution is -2.48. The summed E-state index contributed by atoms with van der Waals surface area (Å²) in [5, 5.41) is 2.94. The minimum absolute atomic E-state index is 0.190. The molecule has 106 valence electrons. The van der Waals surface area contributed by atoms with Crippen LogP contribution in [0.1, 0.15) is 23.2 Å². The topological polar surface area (TPSA) is 88.6 Å². The summed E-state index contributed by atoms with van der Waals surface area (Å²) < 4.78 is 4.62. The van der Waals surface area contributed by atoms with E-state index in [0.717, 1.165) is 4.90 Å². The number of aromatic nitrogens is 1. The Balaban J connectivity index is 2.12. The first kappa shape index (κ1) is 14.0. The second kappa shape index (κ2) is 5.68. The number of anilines is 1. The number of carbonyl (C=O) groups excluding carboxylic acids is 3. The lowest BCUT2D eigenvalue weighted by Gasteiger charge is -2.28. The van der Waals surface area contributed by atoms with E-state index >= 15 is 0 Å². The maximum atomic E-state index is 11.9. The van der Waals surface area contributed by atoms with Crippen LogP contribution in [0.3, 0.4) is 0 Å². The molecule has 0 spiro atoms. The number of esters is 1. The summed E-state index contributed by atoms with van der Waals surface area (Å²) in [7, 11) is 2.75. The quantitative estimate of drug-likeness (QED) is 0.636. The first-order valence-corrected chi connectivity index (χ1v) is 6.14. The van der Waals surface area contributed by atoms with Gasteiger partial charge in [0.05, 0.1) is 12.7 Å². The summed E-state index contributed by atoms with van der Waals surface area (Å²) in [5.41, 5.74) is 0.345. The smallest absolute Gasteiger partial charge is 0.338 e. The molecular formula is C13H15N3O4. The molecule has 0 saturated carbocycles. The van der Waals surface area contributed by atoms with Crippen molar-refractivity contribution < 1.29 is 19.1 Å². The van der Waals surface area contributed by atoms with Crippen LogP contribution in [-0.2, 0) is 14.3 Å². The maximum Gasteiger partial charge on any atom is 0.338 e. The molecule has 0 aromatic carbocycles. The van der Waals surface area contributed by atoms with E-state index in [-0.39, 0.29) is 11.8 Å². The van der Waals surface area contributed by atoms with Crippen molar-refractivity contribution in [2.24, 2.45) is 0 Å². The lowest BCUT2D eigenvalue weighted by molar-refractivity contribution is -0.146. The van der Waals surface area contributed by atoms with Crippen molar-refractivity contribution in [3.63, 3.8) is 0 Å². The molecule has 1 unspecified atom stereocenters. The number of carbonyl (C=O) groups is 3. The molecule has 0 bridgehead atoms. The van der Waals surface area contributed by atoms with Crippen molar-refractivity contribution in [2.75, 3.05) is 19.5 Å². The molecule has 1 aliphatic rings. The summed E-state index contributed by atoms with van der Waals surface area (Å²) >= 11 is 0. The highest BCUT2D eigenvalue weighted by Gasteiger charge is 2.31. The van der Waals surface area contributed by atoms with Crippen LogP contribution in [0.15, 0.2) is 18.3 Å². The monoisotopic (exact) mass is 277 g/mol. The van der Waals surface area contributed by atoms with Gasteiger partial charge >= 0.3 is 5.97 Å². The molecule has 20 heavy (non-hydrogen) atoms. The van der Waals surface area contributed by atoms with Crippen LogP contribution in [-0.4, -0.2) is 47.9 Å². The fourth-order valence-electron chi connectivity index (χ4n) is 1.98. The van der Waals surface area contributed by atoms with E-state index in [4.69, 9.17) is 0 Å². The highest BCUT2D eigenvalue weighted by Crippen LogP contribution is 2.16. The van der Waals surface area contributed by atoms with E-state index in [1.54, 1.807) is 0 Å². The molecule has 1 aliphatic heterocycles. The van der Waals surface area contributed by atoms with Crippen molar-refractivity contribution in [3.05, 3.63) is 23.9 Å². The minimum Gasteiger partial charge on any atom is -0.465 e. The van der Waals surface area contributed by atoms with E-state index in [1.165, 1.54) is 32.5 Å². The van der Waals surface area contributed by atoms with Gasteiger partial charge in [-0.25, -0.2) is 9.78 Å². The third-order valence-corrected chi connectivity index (χ3v) is 3.15. The van der Waals surface area contributed by atoms with Crippen LogP contribution in [0.4, 0.5) is 5.82 Å². The number of nitrogens with zero attached hydrogens (tertiary/aromatic N) is 2. The van der Waals surface area contributed by atoms with E-state index in [2.05, 4.69) is 15.0 Å². The number of hydrogen-bond donors (Lipinski definition) is 1. The number of imide groups is 1. The van der Waals surface area contributed by atoms with Crippen LogP contribution in [0, 0.1) is 0 Å². The fourth-order valence-corrected chi connectivity index (χ4v) is 1.98. The first-order valence-electron chi connectivity index (χ1n) is 6.14. The number of likely N-dealkylation sites (tertiary alicyclic amines) is 1. The van der Waals surface area contributed by atoms with Crippen molar-refractivity contribution >= 4 is 23.6 Å². The molecule has 1 aromatic heterocycles. The van der Waals surface area contributed by atoms with Gasteiger partial charge in [0, 0.05) is 19.7 Å². The van der Waals surface area contributed by atoms with Gasteiger partial charge in [-0.1, -0.05) is 0 Å². The van der Waals surface area contributed by atoms with Crippen LogP contribution in [0.5, 0.6) is 0 Å². The molecular weight excluding hydrogens is 262 g/mol. The van der Waals surface area contributed by atoms with Gasteiger partial charge in [-0.05, 0) is 18.6 Å². The standard InChI is InChI=1S/C13H15N3O4/c1-16-11(17)4-3-9(12(16)18)15-10-7-8(5-6-14-10)13(19)20-2/h5-7,9H,3-4H2,1-2H3,(H,14,15). The van der Waals surface area contributed by atoms with Gasteiger partial charge in [0.15, 0.2) is 0 Å². The lowest BCUT2D eigenvalue weighted by atomic mass is 10.0. The number of likely N-dealkylation sites (N-methyl/N-ethyl adjacent to an activating group) is 1. The Kier molecular flexibility index (Phi) is 3.97. The minimum atomic E-state index is -0.516. The first-order chi connectivity index (χ1) is 9.52. The predicted molar refractivity (Wildman–Crippen MR) is 70.0 cm³/mol. The van der Waals surface area contributed by atoms with E-state index in [1.807, 2.05) is 0 Å². The Morgan fingerprint density at radius 2 is 2.25 bits per heavy atom. The average molecular weight is 277 g/mol. The van der Waals surface area contributed by atoms with Crippen molar-refractivity contribution in [1.29, 1.82) is 0 Å². The summed E-state index contributed by atoms with van der Waals surface area (Å²) in [6, 6.07) is 2.52. The van der Waals surface area contributed by atoms with E-state index < -0.39 is 12.0 Å². The Bertz CT molecular complexity index is 558. The number of ether oxygens (including phenoxy) is 1. The zero-order valence-corrected chi connectivity index (χ0v) is 11.3. The Hall–Kier alpha value is -2.44. The molecule has 7 heteroatoms. The Morgan fingerprint density at radius 3 is 2.95 bits per heavy atom. The predicted octanol–water partition coefficient (Wildman–Crippen LogP) is 0.427. The van der Waals surface area contributed by atoms with Gasteiger partial charge in [-0.2, -0.15) is 0 Å². The number of methoxy groups -OCH3 is 1. The Labute approximate surface area is 115 Å². The molecule has 1 aromatic rings. The highest BCUT2D eigenvalue weighted by atomic mass is 16.5. The van der Waals surface area contributed by atoms with Crippen LogP contribution in [0.25, 0.3) is 0 Å². The SMILES string of the molecule is COC(=O)c1ccnc(NC2CCC(=O)N(C)C2=O)c1. The zero-order chi connectivity index (χ0) is 14.7. The van der Waals surface area contributed by atoms with Gasteiger partial charge in [-0.3, -0.25) is 14.5 Å². The van der Waals surface area contributed by atoms with Crippen LogP contribution < -0.4 is 5.32 Å². The molecule has 2 amide bonds. The van der Waals surface area contributed by atoms with Crippen molar-refractivity contribution in [2.45, 2.75) is 18.9 Å². The molecule has 1 saturated heterocycles. The summed E-state index contributed by atoms with van der Waals surface area (Å²) in [5.74, 6) is -0.567. The van der Waals surface area contributed by atoms with E-state index in [9.17, 15) is 14.4 Å². The van der Waals surface area contributed by atoms with Gasteiger partial charge in [-0.15, -0.1) is 0 Å². The number of nitrogens with one attached hydrogen (secondary N) is 1. The number of amides is 2. The molecule has 0 aliphatic carbocycles. The fraction of sp³-hybridized carbons (Fsp3) is 0.385. The van der Waals surface area contributed by atoms with Crippen molar-refractivity contribution in [3.8, 4) is 0 Å². The summed E-state index contributed by atoms with van der Waals surface area (Å²) in [6.45, 7) is 0. The average Bonchev–Trinajstić information content (AvgIpc) is 2.47. The summed E-state index contributed by atoms with van der Waals surface area (Å²) in [6.07, 6.45) is 2.17. The number of rotatable bonds is 3. The van der Waals surface area contributed by atoms with Crippen LogP contribution >= 0.6 is 0 Å². The van der Waals surface area contributed by atoms with Gasteiger partial charge in [0.2, 0.25) is 5.91 Å². The second-order valence-corrected chi connectivity index (χ2v) is 4.45. The van der Waals surface area contributed by atoms with Gasteiger partial charge in [0.25, 0.3) is 5.91 Å². The number of hydrogen-bond acceptors (Lipinski definition) is 6. The van der Waals surface area contributed by atoms with Gasteiger partial charge < -0.3 is 10.1 Å². The Morgan fingerprint density at radius 1 is 1.50 bits per heavy atom. The summed E-state index contributed by atoms with van der Waals surface area (Å²) in [4.78, 5) is 39.9. The third-order valence-electron chi connectivity index (χ3n) is 3.15. The molecule has 2 rings (SSSR count). The molecule has 1 fully saturated rings. The largest absolute Gasteiger partial charge is 0.465 e. The molecule has 1 N–H and O–H groups in total. The van der Waals surface area contributed by atoms with Crippen molar-refractivity contribution in [1.82, 2.24) is 9.88 Å². The third kappa shape index (κ3) is 2.76. The normalized spacial score (nSPS) is 18.9. The number of piperidine rings is 1. The maximum absolute atomic E-state index is 11.9. The highest BCUT2D eigenvalue weighted by molar-refractivity contribution is 6.01. The second-order valence-electron chi connectivity index (χ2n) is 4.45. The molecule has 2 heterocycles. The molecule has 0 radical (unpaired) electrons. The van der Waals surface area contributed by atoms with Gasteiger partial charge in [0.1, 0.15) is 11.9 Å². The van der Waals surface area contributed by atoms with E-state index in [0.29, 0.717) is 24.2 Å². The molecule has 1 atom stereocenters. The number of pyridine rings is 1. The zero-order valence-electron chi connectivity index (χ0n) is 11.3. The molecule has 7 nitrogen and oxygen atoms in total. The van der Waals surface area contributed by atoms with Crippen LogP contribution in [0.2, 0.25) is 0 Å².